The van der Waals surface area contributed by atoms with Crippen LogP contribution in [0.15, 0.2) is 47.8 Å². The van der Waals surface area contributed by atoms with Crippen LogP contribution in [-0.2, 0) is 16.8 Å². The molecule has 1 atom stereocenters. The highest BCUT2D eigenvalue weighted by molar-refractivity contribution is 7.16. The average molecular weight is 530 g/mol. The Morgan fingerprint density at radius 1 is 0.944 bits per heavy atom. The number of amides is 3. The number of thiophene rings is 2. The summed E-state index contributed by atoms with van der Waals surface area (Å²) in [5, 5.41) is 28.7. The Bertz CT molecular complexity index is 1260. The Morgan fingerprint density at radius 3 is 2.28 bits per heavy atom. The highest BCUT2D eigenvalue weighted by Crippen LogP contribution is 2.33. The topological polar surface area (TPSA) is 145 Å². The van der Waals surface area contributed by atoms with Gasteiger partial charge in [-0.25, -0.2) is 4.79 Å². The Labute approximate surface area is 216 Å². The van der Waals surface area contributed by atoms with E-state index < -0.39 is 35.1 Å². The second kappa shape index (κ2) is 11.4. The SMILES string of the molecule is CC(C)(C)c1cc(C(=O)NCc2cccc(O)c2)sc1C(=O)NC(CNC(=O)c1cccs1)C(=O)O. The molecule has 0 saturated heterocycles. The summed E-state index contributed by atoms with van der Waals surface area (Å²) in [6.45, 7) is 5.54. The molecule has 0 aliphatic heterocycles. The molecular formula is C25H27N3O6S2. The summed E-state index contributed by atoms with van der Waals surface area (Å²) in [5.41, 5.74) is 0.807. The van der Waals surface area contributed by atoms with E-state index >= 15 is 0 Å². The molecule has 0 aliphatic rings. The molecule has 1 unspecified atom stereocenters. The van der Waals surface area contributed by atoms with Crippen LogP contribution in [0.1, 0.15) is 60.9 Å². The quantitative estimate of drug-likeness (QED) is 0.287. The molecule has 9 nitrogen and oxygen atoms in total. The molecule has 0 fully saturated rings. The van der Waals surface area contributed by atoms with Gasteiger partial charge in [0, 0.05) is 13.1 Å². The molecule has 5 N–H and O–H groups in total. The molecular weight excluding hydrogens is 502 g/mol. The van der Waals surface area contributed by atoms with E-state index in [1.54, 1.807) is 35.7 Å². The number of phenolic OH excluding ortho intramolecular Hbond substituents is 1. The molecule has 2 heterocycles. The van der Waals surface area contributed by atoms with Crippen LogP contribution in [0.2, 0.25) is 0 Å². The fourth-order valence-electron chi connectivity index (χ4n) is 3.28. The summed E-state index contributed by atoms with van der Waals surface area (Å²) in [5.74, 6) is -2.68. The Kier molecular flexibility index (Phi) is 8.49. The fourth-order valence-corrected chi connectivity index (χ4v) is 5.11. The summed E-state index contributed by atoms with van der Waals surface area (Å²) in [4.78, 5) is 50.8. The van der Waals surface area contributed by atoms with Crippen molar-refractivity contribution < 1.29 is 29.4 Å². The van der Waals surface area contributed by atoms with Gasteiger partial charge in [-0.1, -0.05) is 39.0 Å². The van der Waals surface area contributed by atoms with Gasteiger partial charge in [-0.2, -0.15) is 0 Å². The Morgan fingerprint density at radius 2 is 1.67 bits per heavy atom. The molecule has 3 rings (SSSR count). The molecule has 11 heteroatoms. The molecule has 2 aromatic heterocycles. The summed E-state index contributed by atoms with van der Waals surface area (Å²) in [6, 6.07) is 10.1. The summed E-state index contributed by atoms with van der Waals surface area (Å²) >= 11 is 2.18. The van der Waals surface area contributed by atoms with E-state index in [4.69, 9.17) is 0 Å². The maximum Gasteiger partial charge on any atom is 0.328 e. The maximum absolute atomic E-state index is 13.1. The summed E-state index contributed by atoms with van der Waals surface area (Å²) in [6.07, 6.45) is 0. The first-order chi connectivity index (χ1) is 17.0. The minimum atomic E-state index is -1.36. The molecule has 0 bridgehead atoms. The number of carbonyl (C=O) groups is 4. The third kappa shape index (κ3) is 6.92. The molecule has 190 valence electrons. The van der Waals surface area contributed by atoms with Gasteiger partial charge < -0.3 is 26.2 Å². The summed E-state index contributed by atoms with van der Waals surface area (Å²) < 4.78 is 0. The maximum atomic E-state index is 13.1. The highest BCUT2D eigenvalue weighted by atomic mass is 32.1. The van der Waals surface area contributed by atoms with Crippen molar-refractivity contribution in [2.75, 3.05) is 6.54 Å². The number of rotatable bonds is 9. The van der Waals surface area contributed by atoms with Gasteiger partial charge in [-0.3, -0.25) is 14.4 Å². The van der Waals surface area contributed by atoms with Gasteiger partial charge in [0.1, 0.15) is 11.8 Å². The monoisotopic (exact) mass is 529 g/mol. The number of hydrogen-bond donors (Lipinski definition) is 5. The van der Waals surface area contributed by atoms with Gasteiger partial charge in [0.15, 0.2) is 0 Å². The van der Waals surface area contributed by atoms with Crippen molar-refractivity contribution in [2.24, 2.45) is 0 Å². The second-order valence-corrected chi connectivity index (χ2v) is 11.0. The van der Waals surface area contributed by atoms with E-state index in [1.807, 2.05) is 20.8 Å². The number of carboxylic acids is 1. The van der Waals surface area contributed by atoms with Gasteiger partial charge in [0.05, 0.1) is 14.6 Å². The van der Waals surface area contributed by atoms with Crippen LogP contribution < -0.4 is 16.0 Å². The second-order valence-electron chi connectivity index (χ2n) is 9.01. The number of carboxylic acid groups (broad SMARTS) is 1. The van der Waals surface area contributed by atoms with Gasteiger partial charge in [-0.15, -0.1) is 22.7 Å². The minimum absolute atomic E-state index is 0.0893. The minimum Gasteiger partial charge on any atom is -0.508 e. The van der Waals surface area contributed by atoms with Crippen LogP contribution in [0.5, 0.6) is 5.75 Å². The molecule has 36 heavy (non-hydrogen) atoms. The lowest BCUT2D eigenvalue weighted by Crippen LogP contribution is -2.48. The lowest BCUT2D eigenvalue weighted by molar-refractivity contribution is -0.139. The lowest BCUT2D eigenvalue weighted by Gasteiger charge is -2.20. The van der Waals surface area contributed by atoms with Crippen LogP contribution >= 0.6 is 22.7 Å². The van der Waals surface area contributed by atoms with Gasteiger partial charge >= 0.3 is 5.97 Å². The first-order valence-corrected chi connectivity index (χ1v) is 12.7. The zero-order chi connectivity index (χ0) is 26.5. The van der Waals surface area contributed by atoms with Crippen LogP contribution in [0, 0.1) is 0 Å². The van der Waals surface area contributed by atoms with Crippen LogP contribution in [-0.4, -0.2) is 46.5 Å². The normalized spacial score (nSPS) is 12.0. The molecule has 0 aliphatic carbocycles. The zero-order valence-electron chi connectivity index (χ0n) is 20.0. The summed E-state index contributed by atoms with van der Waals surface area (Å²) in [7, 11) is 0. The van der Waals surface area contributed by atoms with Crippen molar-refractivity contribution in [3.63, 3.8) is 0 Å². The van der Waals surface area contributed by atoms with Crippen molar-refractivity contribution in [3.8, 4) is 5.75 Å². The average Bonchev–Trinajstić information content (AvgIpc) is 3.50. The zero-order valence-corrected chi connectivity index (χ0v) is 21.6. The largest absolute Gasteiger partial charge is 0.508 e. The van der Waals surface area contributed by atoms with E-state index in [1.165, 1.54) is 23.5 Å². The van der Waals surface area contributed by atoms with Crippen molar-refractivity contribution in [1.29, 1.82) is 0 Å². The van der Waals surface area contributed by atoms with Crippen molar-refractivity contribution in [2.45, 2.75) is 38.8 Å². The molecule has 1 aromatic carbocycles. The Hall–Kier alpha value is -3.70. The molecule has 0 spiro atoms. The number of phenols is 1. The van der Waals surface area contributed by atoms with Crippen molar-refractivity contribution >= 4 is 46.4 Å². The molecule has 3 aromatic rings. The van der Waals surface area contributed by atoms with Gasteiger partial charge in [-0.05, 0) is 46.2 Å². The number of aliphatic carboxylic acids is 1. The third-order valence-electron chi connectivity index (χ3n) is 5.15. The van der Waals surface area contributed by atoms with E-state index in [0.717, 1.165) is 11.3 Å². The van der Waals surface area contributed by atoms with Crippen molar-refractivity contribution in [3.05, 3.63) is 73.6 Å². The van der Waals surface area contributed by atoms with E-state index in [0.29, 0.717) is 20.9 Å². The first kappa shape index (κ1) is 26.9. The predicted molar refractivity (Wildman–Crippen MR) is 138 cm³/mol. The highest BCUT2D eigenvalue weighted by Gasteiger charge is 2.30. The molecule has 3 amide bonds. The molecule has 0 saturated carbocycles. The van der Waals surface area contributed by atoms with Crippen LogP contribution in [0.25, 0.3) is 0 Å². The lowest BCUT2D eigenvalue weighted by atomic mass is 9.87. The van der Waals surface area contributed by atoms with E-state index in [2.05, 4.69) is 16.0 Å². The van der Waals surface area contributed by atoms with Gasteiger partial charge in [0.25, 0.3) is 17.7 Å². The number of carbonyl (C=O) groups excluding carboxylic acids is 3. The van der Waals surface area contributed by atoms with E-state index in [9.17, 15) is 29.4 Å². The van der Waals surface area contributed by atoms with Crippen LogP contribution in [0.4, 0.5) is 0 Å². The third-order valence-corrected chi connectivity index (χ3v) is 7.15. The van der Waals surface area contributed by atoms with Crippen LogP contribution in [0.3, 0.4) is 0 Å². The van der Waals surface area contributed by atoms with Gasteiger partial charge in [0.2, 0.25) is 0 Å². The standard InChI is InChI=1S/C25H27N3O6S2/c1-25(2,3)16-11-19(22(31)26-12-14-6-4-7-15(29)10-14)36-20(16)23(32)28-17(24(33)34)13-27-21(30)18-8-5-9-35-18/h4-11,17,29H,12-13H2,1-3H3,(H,26,31)(H,27,30)(H,28,32)(H,33,34). The molecule has 0 radical (unpaired) electrons. The smallest absolute Gasteiger partial charge is 0.328 e. The van der Waals surface area contributed by atoms with E-state index in [-0.39, 0.29) is 23.7 Å². The van der Waals surface area contributed by atoms with Crippen molar-refractivity contribution in [1.82, 2.24) is 16.0 Å². The first-order valence-electron chi connectivity index (χ1n) is 11.0. The number of hydrogen-bond acceptors (Lipinski definition) is 7. The number of nitrogens with one attached hydrogen (secondary N) is 3. The Balaban J connectivity index is 1.74. The predicted octanol–water partition coefficient (Wildman–Crippen LogP) is 3.36. The number of aromatic hydroxyl groups is 1. The number of benzene rings is 1. The fraction of sp³-hybridized carbons (Fsp3) is 0.280.